The Bertz CT molecular complexity index is 1450. The van der Waals surface area contributed by atoms with E-state index in [0.29, 0.717) is 11.5 Å². The van der Waals surface area contributed by atoms with E-state index in [1.165, 1.54) is 18.2 Å². The smallest absolute Gasteiger partial charge is 0.305 e. The number of rotatable bonds is 12. The Balaban J connectivity index is 1.81. The van der Waals surface area contributed by atoms with Crippen molar-refractivity contribution in [2.24, 2.45) is 0 Å². The van der Waals surface area contributed by atoms with Crippen LogP contribution in [-0.4, -0.2) is 48.3 Å². The molecule has 0 aliphatic carbocycles. The third-order valence-electron chi connectivity index (χ3n) is 6.59. The molecule has 3 atom stereocenters. The van der Waals surface area contributed by atoms with Gasteiger partial charge in [0, 0.05) is 41.4 Å². The van der Waals surface area contributed by atoms with Crippen LogP contribution in [-0.2, 0) is 4.79 Å². The van der Waals surface area contributed by atoms with Gasteiger partial charge in [-0.2, -0.15) is 5.10 Å². The molecule has 3 unspecified atom stereocenters. The molecule has 9 heteroatoms. The molecule has 0 amide bonds. The lowest BCUT2D eigenvalue weighted by Crippen LogP contribution is -2.19. The van der Waals surface area contributed by atoms with Crippen molar-refractivity contribution in [3.8, 4) is 16.9 Å². The SMILES string of the molecule is CCC(C)c1nn(-c2ccnc(Nc3ccccc3)c2)c(-c2ccc(F)cc2)c1/C=C/C(O)CC(O)CC(=O)O. The summed E-state index contributed by atoms with van der Waals surface area (Å²) in [6, 6.07) is 19.5. The van der Waals surface area contributed by atoms with Crippen molar-refractivity contribution in [1.82, 2.24) is 14.8 Å². The number of anilines is 2. The summed E-state index contributed by atoms with van der Waals surface area (Å²) in [7, 11) is 0. The van der Waals surface area contributed by atoms with Crippen LogP contribution in [0.25, 0.3) is 23.0 Å². The van der Waals surface area contributed by atoms with Crippen molar-refractivity contribution in [3.05, 3.63) is 96.1 Å². The number of halogens is 1. The van der Waals surface area contributed by atoms with Crippen LogP contribution in [0, 0.1) is 5.82 Å². The number of para-hydroxylation sites is 1. The third-order valence-corrected chi connectivity index (χ3v) is 6.59. The van der Waals surface area contributed by atoms with Crippen molar-refractivity contribution < 1.29 is 24.5 Å². The average molecular weight is 545 g/mol. The van der Waals surface area contributed by atoms with Crippen molar-refractivity contribution >= 4 is 23.6 Å². The monoisotopic (exact) mass is 544 g/mol. The number of hydrogen-bond donors (Lipinski definition) is 4. The maximum Gasteiger partial charge on any atom is 0.305 e. The number of carbonyl (C=O) groups is 1. The van der Waals surface area contributed by atoms with Gasteiger partial charge in [0.25, 0.3) is 0 Å². The van der Waals surface area contributed by atoms with Crippen molar-refractivity contribution in [3.63, 3.8) is 0 Å². The summed E-state index contributed by atoms with van der Waals surface area (Å²) in [4.78, 5) is 15.4. The molecule has 4 rings (SSSR count). The van der Waals surface area contributed by atoms with Gasteiger partial charge >= 0.3 is 5.97 Å². The summed E-state index contributed by atoms with van der Waals surface area (Å²) in [6.45, 7) is 4.11. The normalized spacial score (nSPS) is 13.7. The first-order chi connectivity index (χ1) is 19.2. The van der Waals surface area contributed by atoms with Crippen LogP contribution in [0.2, 0.25) is 0 Å². The molecule has 0 aliphatic rings. The summed E-state index contributed by atoms with van der Waals surface area (Å²) >= 11 is 0. The molecule has 8 nitrogen and oxygen atoms in total. The Kier molecular flexibility index (Phi) is 9.42. The van der Waals surface area contributed by atoms with E-state index in [0.717, 1.165) is 34.6 Å². The van der Waals surface area contributed by atoms with E-state index in [-0.39, 0.29) is 18.2 Å². The average Bonchev–Trinajstić information content (AvgIpc) is 3.31. The first kappa shape index (κ1) is 28.7. The standard InChI is InChI=1S/C31H33FN4O4/c1-3-20(2)30-27(14-13-25(37)18-26(38)19-29(39)40)31(21-9-11-22(32)12-10-21)36(35-30)24-15-16-33-28(17-24)34-23-7-5-4-6-8-23/h4-17,20,25-26,37-38H,3,18-19H2,1-2H3,(H,33,34)(H,39,40)/b14-13+. The minimum absolute atomic E-state index is 0.0543. The highest BCUT2D eigenvalue weighted by Crippen LogP contribution is 2.35. The fourth-order valence-electron chi connectivity index (χ4n) is 4.38. The van der Waals surface area contributed by atoms with Gasteiger partial charge in [-0.1, -0.05) is 44.2 Å². The zero-order valence-corrected chi connectivity index (χ0v) is 22.4. The lowest BCUT2D eigenvalue weighted by atomic mass is 9.96. The van der Waals surface area contributed by atoms with E-state index in [1.54, 1.807) is 29.1 Å². The maximum absolute atomic E-state index is 13.9. The van der Waals surface area contributed by atoms with Gasteiger partial charge in [0.1, 0.15) is 11.6 Å². The minimum Gasteiger partial charge on any atom is -0.481 e. The van der Waals surface area contributed by atoms with E-state index in [2.05, 4.69) is 24.1 Å². The van der Waals surface area contributed by atoms with Gasteiger partial charge in [0.15, 0.2) is 0 Å². The Morgan fingerprint density at radius 2 is 1.82 bits per heavy atom. The summed E-state index contributed by atoms with van der Waals surface area (Å²) in [5.41, 5.74) is 4.55. The van der Waals surface area contributed by atoms with Crippen molar-refractivity contribution in [1.29, 1.82) is 0 Å². The Hall–Kier alpha value is -4.34. The zero-order valence-electron chi connectivity index (χ0n) is 22.4. The van der Waals surface area contributed by atoms with Gasteiger partial charge < -0.3 is 20.6 Å². The Morgan fingerprint density at radius 1 is 1.10 bits per heavy atom. The van der Waals surface area contributed by atoms with E-state index in [1.807, 2.05) is 42.5 Å². The van der Waals surface area contributed by atoms with E-state index >= 15 is 0 Å². The fraction of sp³-hybridized carbons (Fsp3) is 0.258. The van der Waals surface area contributed by atoms with E-state index < -0.39 is 24.6 Å². The second-order valence-corrected chi connectivity index (χ2v) is 9.68. The van der Waals surface area contributed by atoms with Gasteiger partial charge in [-0.3, -0.25) is 4.79 Å². The third kappa shape index (κ3) is 7.19. The molecule has 0 aliphatic heterocycles. The van der Waals surface area contributed by atoms with Crippen molar-refractivity contribution in [2.45, 2.75) is 51.2 Å². The number of carboxylic acid groups (broad SMARTS) is 1. The van der Waals surface area contributed by atoms with Gasteiger partial charge in [-0.15, -0.1) is 0 Å². The molecule has 0 radical (unpaired) electrons. The lowest BCUT2D eigenvalue weighted by Gasteiger charge is -2.12. The Morgan fingerprint density at radius 3 is 2.50 bits per heavy atom. The number of hydrogen-bond acceptors (Lipinski definition) is 6. The Labute approximate surface area is 232 Å². The molecule has 2 aromatic carbocycles. The predicted octanol–water partition coefficient (Wildman–Crippen LogP) is 5.93. The summed E-state index contributed by atoms with van der Waals surface area (Å²) in [5.74, 6) is -0.830. The summed E-state index contributed by atoms with van der Waals surface area (Å²) in [5, 5.41) is 37.7. The highest BCUT2D eigenvalue weighted by atomic mass is 19.1. The molecule has 4 N–H and O–H groups in total. The number of aliphatic hydroxyl groups excluding tert-OH is 2. The molecule has 4 aromatic rings. The second-order valence-electron chi connectivity index (χ2n) is 9.68. The van der Waals surface area contributed by atoms with Crippen LogP contribution in [0.3, 0.4) is 0 Å². The number of carboxylic acids is 1. The van der Waals surface area contributed by atoms with Gasteiger partial charge in [0.2, 0.25) is 0 Å². The van der Waals surface area contributed by atoms with Crippen LogP contribution >= 0.6 is 0 Å². The predicted molar refractivity (Wildman–Crippen MR) is 153 cm³/mol. The highest BCUT2D eigenvalue weighted by Gasteiger charge is 2.23. The molecular formula is C31H33FN4O4. The molecule has 40 heavy (non-hydrogen) atoms. The molecule has 0 saturated heterocycles. The van der Waals surface area contributed by atoms with Crippen LogP contribution < -0.4 is 5.32 Å². The van der Waals surface area contributed by atoms with Crippen LogP contribution in [0.5, 0.6) is 0 Å². The summed E-state index contributed by atoms with van der Waals surface area (Å²) in [6.07, 6.45) is 2.92. The number of nitrogens with zero attached hydrogens (tertiary/aromatic N) is 3. The van der Waals surface area contributed by atoms with Crippen molar-refractivity contribution in [2.75, 3.05) is 5.32 Å². The molecule has 208 valence electrons. The first-order valence-corrected chi connectivity index (χ1v) is 13.2. The number of aliphatic hydroxyl groups is 2. The maximum atomic E-state index is 13.9. The zero-order chi connectivity index (χ0) is 28.6. The molecule has 0 spiro atoms. The van der Waals surface area contributed by atoms with Crippen LogP contribution in [0.4, 0.5) is 15.9 Å². The van der Waals surface area contributed by atoms with Gasteiger partial charge in [-0.25, -0.2) is 14.1 Å². The largest absolute Gasteiger partial charge is 0.481 e. The minimum atomic E-state index is -1.18. The van der Waals surface area contributed by atoms with Crippen LogP contribution in [0.1, 0.15) is 50.3 Å². The molecule has 2 aromatic heterocycles. The molecule has 0 fully saturated rings. The molecule has 0 saturated carbocycles. The number of benzene rings is 2. The first-order valence-electron chi connectivity index (χ1n) is 13.2. The number of nitrogens with one attached hydrogen (secondary N) is 1. The van der Waals surface area contributed by atoms with Gasteiger partial charge in [-0.05, 0) is 48.9 Å². The molecule has 0 bridgehead atoms. The second kappa shape index (κ2) is 13.1. The summed E-state index contributed by atoms with van der Waals surface area (Å²) < 4.78 is 15.7. The molecular weight excluding hydrogens is 511 g/mol. The van der Waals surface area contributed by atoms with E-state index in [4.69, 9.17) is 10.2 Å². The van der Waals surface area contributed by atoms with E-state index in [9.17, 15) is 19.4 Å². The van der Waals surface area contributed by atoms with Crippen LogP contribution in [0.15, 0.2) is 79.0 Å². The topological polar surface area (TPSA) is 121 Å². The lowest BCUT2D eigenvalue weighted by molar-refractivity contribution is -0.139. The number of pyridine rings is 1. The number of aliphatic carboxylic acids is 1. The number of aromatic nitrogens is 3. The molecule has 2 heterocycles. The van der Waals surface area contributed by atoms with Gasteiger partial charge in [0.05, 0.1) is 35.7 Å². The quantitative estimate of drug-likeness (QED) is 0.174. The fourth-order valence-corrected chi connectivity index (χ4v) is 4.38. The highest BCUT2D eigenvalue weighted by molar-refractivity contribution is 5.76.